The van der Waals surface area contributed by atoms with Crippen molar-refractivity contribution < 1.29 is 14.0 Å². The molecule has 1 aromatic heterocycles. The Morgan fingerprint density at radius 2 is 2.21 bits per heavy atom. The van der Waals surface area contributed by atoms with E-state index in [1.807, 2.05) is 20.8 Å². The summed E-state index contributed by atoms with van der Waals surface area (Å²) in [6.45, 7) is 8.07. The van der Waals surface area contributed by atoms with Crippen molar-refractivity contribution in [3.63, 3.8) is 0 Å². The highest BCUT2D eigenvalue weighted by atomic mass is 16.4. The van der Waals surface area contributed by atoms with E-state index in [1.165, 1.54) is 4.90 Å². The highest BCUT2D eigenvalue weighted by Gasteiger charge is 2.29. The topological polar surface area (TPSA) is 75.4 Å². The second-order valence-electron chi connectivity index (χ2n) is 5.27. The number of nitrogens with one attached hydrogen (secondary N) is 1. The fourth-order valence-electron chi connectivity index (χ4n) is 2.10. The summed E-state index contributed by atoms with van der Waals surface area (Å²) < 4.78 is 5.48. The van der Waals surface area contributed by atoms with Crippen molar-refractivity contribution in [1.29, 1.82) is 0 Å². The Balaban J connectivity index is 2.21. The Labute approximate surface area is 112 Å². The van der Waals surface area contributed by atoms with Gasteiger partial charge in [0.25, 0.3) is 5.91 Å². The molecule has 1 aliphatic rings. The predicted molar refractivity (Wildman–Crippen MR) is 68.8 cm³/mol. The van der Waals surface area contributed by atoms with Gasteiger partial charge in [-0.05, 0) is 13.8 Å². The minimum atomic E-state index is -0.241. The fraction of sp³-hybridized carbons (Fsp3) is 0.615. The average Bonchev–Trinajstić information content (AvgIpc) is 2.69. The van der Waals surface area contributed by atoms with E-state index in [4.69, 9.17) is 4.42 Å². The standard InChI is InChI=1S/C13H19N3O3/c1-7(2)12-15-11(9(4)19-12)13(18)16-5-8(3)14-10(17)6-16/h7-8H,5-6H2,1-4H3,(H,14,17). The summed E-state index contributed by atoms with van der Waals surface area (Å²) in [4.78, 5) is 29.6. The van der Waals surface area contributed by atoms with Crippen molar-refractivity contribution >= 4 is 11.8 Å². The molecule has 1 fully saturated rings. The molecule has 2 rings (SSSR count). The molecule has 1 aliphatic heterocycles. The van der Waals surface area contributed by atoms with Crippen molar-refractivity contribution in [2.45, 2.75) is 39.7 Å². The summed E-state index contributed by atoms with van der Waals surface area (Å²) >= 11 is 0. The number of carbonyl (C=O) groups excluding carboxylic acids is 2. The number of amides is 2. The zero-order valence-corrected chi connectivity index (χ0v) is 11.7. The van der Waals surface area contributed by atoms with Gasteiger partial charge in [-0.25, -0.2) is 4.98 Å². The molecule has 2 amide bonds. The molecule has 2 heterocycles. The smallest absolute Gasteiger partial charge is 0.276 e. The first-order chi connectivity index (χ1) is 8.88. The van der Waals surface area contributed by atoms with E-state index in [1.54, 1.807) is 6.92 Å². The third kappa shape index (κ3) is 2.77. The second kappa shape index (κ2) is 5.03. The number of rotatable bonds is 2. The number of carbonyl (C=O) groups is 2. The van der Waals surface area contributed by atoms with E-state index in [9.17, 15) is 9.59 Å². The van der Waals surface area contributed by atoms with Gasteiger partial charge in [-0.2, -0.15) is 0 Å². The van der Waals surface area contributed by atoms with Gasteiger partial charge < -0.3 is 14.6 Å². The molecule has 1 aromatic rings. The second-order valence-corrected chi connectivity index (χ2v) is 5.27. The molecule has 1 N–H and O–H groups in total. The maximum Gasteiger partial charge on any atom is 0.276 e. The first-order valence-corrected chi connectivity index (χ1v) is 6.44. The normalized spacial score (nSPS) is 19.7. The summed E-state index contributed by atoms with van der Waals surface area (Å²) in [6.07, 6.45) is 0. The summed E-state index contributed by atoms with van der Waals surface area (Å²) in [5.74, 6) is 0.804. The van der Waals surface area contributed by atoms with Gasteiger partial charge in [0.15, 0.2) is 11.6 Å². The zero-order chi connectivity index (χ0) is 14.2. The summed E-state index contributed by atoms with van der Waals surface area (Å²) in [5.41, 5.74) is 0.311. The van der Waals surface area contributed by atoms with Crippen molar-refractivity contribution in [2.75, 3.05) is 13.1 Å². The number of oxazole rings is 1. The van der Waals surface area contributed by atoms with Crippen molar-refractivity contribution in [1.82, 2.24) is 15.2 Å². The van der Waals surface area contributed by atoms with Crippen molar-refractivity contribution in [3.8, 4) is 0 Å². The maximum absolute atomic E-state index is 12.4. The molecule has 19 heavy (non-hydrogen) atoms. The van der Waals surface area contributed by atoms with Gasteiger partial charge in [0, 0.05) is 18.5 Å². The minimum Gasteiger partial charge on any atom is -0.445 e. The highest BCUT2D eigenvalue weighted by Crippen LogP contribution is 2.19. The van der Waals surface area contributed by atoms with Crippen LogP contribution in [0.4, 0.5) is 0 Å². The van der Waals surface area contributed by atoms with Gasteiger partial charge >= 0.3 is 0 Å². The Bertz CT molecular complexity index is 507. The third-order valence-corrected chi connectivity index (χ3v) is 3.03. The van der Waals surface area contributed by atoms with Gasteiger partial charge in [-0.1, -0.05) is 13.8 Å². The Morgan fingerprint density at radius 1 is 1.53 bits per heavy atom. The number of piperazine rings is 1. The quantitative estimate of drug-likeness (QED) is 0.867. The summed E-state index contributed by atoms with van der Waals surface area (Å²) in [7, 11) is 0. The van der Waals surface area contributed by atoms with Gasteiger partial charge in [0.2, 0.25) is 5.91 Å². The molecule has 0 spiro atoms. The molecule has 104 valence electrons. The highest BCUT2D eigenvalue weighted by molar-refractivity contribution is 5.96. The van der Waals surface area contributed by atoms with Crippen LogP contribution in [0.5, 0.6) is 0 Å². The van der Waals surface area contributed by atoms with Crippen molar-refractivity contribution in [2.24, 2.45) is 0 Å². The molecule has 6 heteroatoms. The molecule has 6 nitrogen and oxygen atoms in total. The lowest BCUT2D eigenvalue weighted by Crippen LogP contribution is -2.54. The lowest BCUT2D eigenvalue weighted by Gasteiger charge is -2.30. The van der Waals surface area contributed by atoms with E-state index in [2.05, 4.69) is 10.3 Å². The van der Waals surface area contributed by atoms with E-state index < -0.39 is 0 Å². The van der Waals surface area contributed by atoms with Gasteiger partial charge in [0.05, 0.1) is 6.54 Å². The van der Waals surface area contributed by atoms with Crippen LogP contribution in [-0.4, -0.2) is 40.8 Å². The molecule has 1 unspecified atom stereocenters. The zero-order valence-electron chi connectivity index (χ0n) is 11.7. The predicted octanol–water partition coefficient (Wildman–Crippen LogP) is 1.07. The monoisotopic (exact) mass is 265 g/mol. The SMILES string of the molecule is Cc1oc(C(C)C)nc1C(=O)N1CC(=O)NC(C)C1. The van der Waals surface area contributed by atoms with Crippen LogP contribution in [0.3, 0.4) is 0 Å². The van der Waals surface area contributed by atoms with E-state index >= 15 is 0 Å². The van der Waals surface area contributed by atoms with Crippen LogP contribution >= 0.6 is 0 Å². The Kier molecular flexibility index (Phi) is 3.59. The number of hydrogen-bond acceptors (Lipinski definition) is 4. The minimum absolute atomic E-state index is 0.0398. The van der Waals surface area contributed by atoms with Crippen LogP contribution in [0.2, 0.25) is 0 Å². The van der Waals surface area contributed by atoms with E-state index in [0.717, 1.165) is 0 Å². The lowest BCUT2D eigenvalue weighted by molar-refractivity contribution is -0.124. The molecule has 0 radical (unpaired) electrons. The molecule has 0 saturated carbocycles. The largest absolute Gasteiger partial charge is 0.445 e. The van der Waals surface area contributed by atoms with Crippen molar-refractivity contribution in [3.05, 3.63) is 17.3 Å². The van der Waals surface area contributed by atoms with Gasteiger partial charge in [-0.3, -0.25) is 9.59 Å². The van der Waals surface area contributed by atoms with Crippen LogP contribution in [-0.2, 0) is 4.79 Å². The van der Waals surface area contributed by atoms with Crippen LogP contribution in [0.15, 0.2) is 4.42 Å². The van der Waals surface area contributed by atoms with E-state index in [0.29, 0.717) is 23.9 Å². The van der Waals surface area contributed by atoms with Crippen LogP contribution in [0.25, 0.3) is 0 Å². The Morgan fingerprint density at radius 3 is 2.74 bits per heavy atom. The Hall–Kier alpha value is -1.85. The molecule has 0 aromatic carbocycles. The molecule has 0 aliphatic carbocycles. The number of aryl methyl sites for hydroxylation is 1. The number of aromatic nitrogens is 1. The fourth-order valence-corrected chi connectivity index (χ4v) is 2.10. The molecular formula is C13H19N3O3. The van der Waals surface area contributed by atoms with Crippen LogP contribution < -0.4 is 5.32 Å². The first-order valence-electron chi connectivity index (χ1n) is 6.44. The molecule has 1 atom stereocenters. The molecule has 0 bridgehead atoms. The van der Waals surface area contributed by atoms with E-state index in [-0.39, 0.29) is 30.3 Å². The van der Waals surface area contributed by atoms with Gasteiger partial charge in [0.1, 0.15) is 5.76 Å². The molecular weight excluding hydrogens is 246 g/mol. The summed E-state index contributed by atoms with van der Waals surface area (Å²) in [5, 5.41) is 2.78. The average molecular weight is 265 g/mol. The lowest BCUT2D eigenvalue weighted by atomic mass is 10.2. The summed E-state index contributed by atoms with van der Waals surface area (Å²) in [6, 6.07) is -0.0398. The van der Waals surface area contributed by atoms with Crippen LogP contribution in [0.1, 0.15) is 48.8 Å². The van der Waals surface area contributed by atoms with Crippen LogP contribution in [0, 0.1) is 6.92 Å². The molecule has 1 saturated heterocycles. The number of hydrogen-bond donors (Lipinski definition) is 1. The maximum atomic E-state index is 12.4. The third-order valence-electron chi connectivity index (χ3n) is 3.03. The number of nitrogens with zero attached hydrogens (tertiary/aromatic N) is 2. The van der Waals surface area contributed by atoms with Gasteiger partial charge in [-0.15, -0.1) is 0 Å². The first kappa shape index (κ1) is 13.6.